The normalized spacial score (nSPS) is 16.6. The molecule has 0 saturated heterocycles. The summed E-state index contributed by atoms with van der Waals surface area (Å²) in [5.74, 6) is -0.209. The van der Waals surface area contributed by atoms with Crippen molar-refractivity contribution in [3.63, 3.8) is 0 Å². The van der Waals surface area contributed by atoms with E-state index in [1.54, 1.807) is 31.2 Å². The summed E-state index contributed by atoms with van der Waals surface area (Å²) in [6, 6.07) is 6.06. The smallest absolute Gasteiger partial charge is 0.259 e. The maximum atomic E-state index is 12.7. The third-order valence-electron chi connectivity index (χ3n) is 5.57. The first kappa shape index (κ1) is 19.1. The number of carbonyl (C=O) groups is 2. The molecule has 1 heterocycles. The van der Waals surface area contributed by atoms with Gasteiger partial charge in [0.2, 0.25) is 5.91 Å². The van der Waals surface area contributed by atoms with Gasteiger partial charge in [-0.15, -0.1) is 0 Å². The maximum absolute atomic E-state index is 12.7. The van der Waals surface area contributed by atoms with E-state index in [9.17, 15) is 14.4 Å². The molecule has 1 aliphatic rings. The number of nitrogens with two attached hydrogens (primary N) is 1. The fraction of sp³-hybridized carbons (Fsp3) is 0.476. The number of nitrogens with one attached hydrogen (secondary N) is 1. The van der Waals surface area contributed by atoms with Gasteiger partial charge in [-0.05, 0) is 43.9 Å². The molecular weight excluding hydrogens is 342 g/mol. The summed E-state index contributed by atoms with van der Waals surface area (Å²) in [6.45, 7) is 2.25. The van der Waals surface area contributed by atoms with Crippen molar-refractivity contribution in [1.29, 1.82) is 0 Å². The lowest BCUT2D eigenvalue weighted by Gasteiger charge is -2.16. The highest BCUT2D eigenvalue weighted by molar-refractivity contribution is 6.06. The molecule has 1 saturated carbocycles. The summed E-state index contributed by atoms with van der Waals surface area (Å²) in [4.78, 5) is 36.9. The molecule has 1 aliphatic carbocycles. The molecule has 3 N–H and O–H groups in total. The van der Waals surface area contributed by atoms with Crippen molar-refractivity contribution < 1.29 is 9.59 Å². The molecule has 1 aromatic carbocycles. The predicted octanol–water partition coefficient (Wildman–Crippen LogP) is 2.75. The summed E-state index contributed by atoms with van der Waals surface area (Å²) in [5.41, 5.74) is 5.48. The van der Waals surface area contributed by atoms with Crippen molar-refractivity contribution in [2.45, 2.75) is 51.5 Å². The SMILES string of the molecule is CC(C(N)=O)n1ccc2c(C(=O)NCC3CCCCCC3)cccc2c1=O. The predicted molar refractivity (Wildman–Crippen MR) is 106 cm³/mol. The van der Waals surface area contributed by atoms with Crippen molar-refractivity contribution in [3.05, 3.63) is 46.4 Å². The van der Waals surface area contributed by atoms with E-state index in [1.807, 2.05) is 0 Å². The van der Waals surface area contributed by atoms with Crippen LogP contribution in [0.5, 0.6) is 0 Å². The summed E-state index contributed by atoms with van der Waals surface area (Å²) in [5, 5.41) is 4.04. The molecule has 0 bridgehead atoms. The highest BCUT2D eigenvalue weighted by Crippen LogP contribution is 2.22. The third kappa shape index (κ3) is 4.21. The zero-order valence-corrected chi connectivity index (χ0v) is 15.7. The Morgan fingerprint density at radius 1 is 1.15 bits per heavy atom. The molecule has 6 heteroatoms. The summed E-state index contributed by atoms with van der Waals surface area (Å²) >= 11 is 0. The summed E-state index contributed by atoms with van der Waals surface area (Å²) in [6.07, 6.45) is 8.87. The Balaban J connectivity index is 1.84. The first-order valence-corrected chi connectivity index (χ1v) is 9.70. The molecule has 1 aromatic heterocycles. The van der Waals surface area contributed by atoms with Gasteiger partial charge in [0.1, 0.15) is 6.04 Å². The van der Waals surface area contributed by atoms with Crippen LogP contribution in [0.2, 0.25) is 0 Å². The highest BCUT2D eigenvalue weighted by atomic mass is 16.2. The van der Waals surface area contributed by atoms with E-state index >= 15 is 0 Å². The Bertz CT molecular complexity index is 895. The van der Waals surface area contributed by atoms with Crippen LogP contribution in [0.25, 0.3) is 10.8 Å². The highest BCUT2D eigenvalue weighted by Gasteiger charge is 2.18. The fourth-order valence-corrected chi connectivity index (χ4v) is 3.83. The van der Waals surface area contributed by atoms with Gasteiger partial charge in [-0.2, -0.15) is 0 Å². The van der Waals surface area contributed by atoms with Gasteiger partial charge in [-0.1, -0.05) is 31.7 Å². The number of aromatic nitrogens is 1. The minimum absolute atomic E-state index is 0.162. The molecule has 0 spiro atoms. The first-order valence-electron chi connectivity index (χ1n) is 9.70. The van der Waals surface area contributed by atoms with E-state index in [1.165, 1.54) is 36.4 Å². The van der Waals surface area contributed by atoms with Gasteiger partial charge in [0, 0.05) is 29.1 Å². The van der Waals surface area contributed by atoms with E-state index < -0.39 is 11.9 Å². The number of benzene rings is 1. The number of nitrogens with zero attached hydrogens (tertiary/aromatic N) is 1. The van der Waals surface area contributed by atoms with Gasteiger partial charge < -0.3 is 15.6 Å². The van der Waals surface area contributed by atoms with E-state index in [0.717, 1.165) is 12.8 Å². The van der Waals surface area contributed by atoms with Crippen LogP contribution in [-0.4, -0.2) is 22.9 Å². The van der Waals surface area contributed by atoms with Crippen molar-refractivity contribution in [2.24, 2.45) is 11.7 Å². The van der Waals surface area contributed by atoms with Gasteiger partial charge >= 0.3 is 0 Å². The molecule has 1 unspecified atom stereocenters. The average Bonchev–Trinajstić information content (AvgIpc) is 2.94. The van der Waals surface area contributed by atoms with Crippen molar-refractivity contribution in [2.75, 3.05) is 6.54 Å². The van der Waals surface area contributed by atoms with Crippen LogP contribution < -0.4 is 16.6 Å². The van der Waals surface area contributed by atoms with Gasteiger partial charge in [0.05, 0.1) is 0 Å². The molecule has 1 fully saturated rings. The summed E-state index contributed by atoms with van der Waals surface area (Å²) < 4.78 is 1.30. The van der Waals surface area contributed by atoms with Crippen LogP contribution >= 0.6 is 0 Å². The van der Waals surface area contributed by atoms with Crippen molar-refractivity contribution in [1.82, 2.24) is 9.88 Å². The number of primary amides is 1. The average molecular weight is 369 g/mol. The molecule has 2 amide bonds. The van der Waals surface area contributed by atoms with E-state index in [4.69, 9.17) is 5.73 Å². The lowest BCUT2D eigenvalue weighted by molar-refractivity contribution is -0.120. The van der Waals surface area contributed by atoms with Crippen molar-refractivity contribution >= 4 is 22.6 Å². The zero-order chi connectivity index (χ0) is 19.4. The number of rotatable bonds is 5. The number of hydrogen-bond acceptors (Lipinski definition) is 3. The fourth-order valence-electron chi connectivity index (χ4n) is 3.83. The Labute approximate surface area is 158 Å². The number of amides is 2. The quantitative estimate of drug-likeness (QED) is 0.794. The second-order valence-electron chi connectivity index (χ2n) is 7.44. The topological polar surface area (TPSA) is 94.2 Å². The number of hydrogen-bond donors (Lipinski definition) is 2. The zero-order valence-electron chi connectivity index (χ0n) is 15.7. The lowest BCUT2D eigenvalue weighted by atomic mass is 10.00. The lowest BCUT2D eigenvalue weighted by Crippen LogP contribution is -2.32. The molecule has 0 radical (unpaired) electrons. The van der Waals surface area contributed by atoms with E-state index in [-0.39, 0.29) is 11.5 Å². The summed E-state index contributed by atoms with van der Waals surface area (Å²) in [7, 11) is 0. The minimum Gasteiger partial charge on any atom is -0.368 e. The third-order valence-corrected chi connectivity index (χ3v) is 5.57. The van der Waals surface area contributed by atoms with Gasteiger partial charge in [-0.25, -0.2) is 0 Å². The first-order chi connectivity index (χ1) is 13.0. The largest absolute Gasteiger partial charge is 0.368 e. The number of fused-ring (bicyclic) bond motifs is 1. The van der Waals surface area contributed by atoms with Crippen LogP contribution in [0, 0.1) is 5.92 Å². The second kappa shape index (κ2) is 8.37. The van der Waals surface area contributed by atoms with Crippen LogP contribution in [0.1, 0.15) is 61.8 Å². The van der Waals surface area contributed by atoms with Gasteiger partial charge in [0.25, 0.3) is 11.5 Å². The Morgan fingerprint density at radius 2 is 1.85 bits per heavy atom. The van der Waals surface area contributed by atoms with E-state index in [2.05, 4.69) is 5.32 Å². The van der Waals surface area contributed by atoms with Crippen LogP contribution in [-0.2, 0) is 4.79 Å². The van der Waals surface area contributed by atoms with Crippen LogP contribution in [0.3, 0.4) is 0 Å². The monoisotopic (exact) mass is 369 g/mol. The standard InChI is InChI=1S/C21H27N3O3/c1-14(19(22)25)24-12-11-16-17(9-6-10-18(16)21(24)27)20(26)23-13-15-7-4-2-3-5-8-15/h6,9-12,14-15H,2-5,7-8,13H2,1H3,(H2,22,25)(H,23,26). The molecule has 144 valence electrons. The number of pyridine rings is 1. The van der Waals surface area contributed by atoms with Gasteiger partial charge in [0.15, 0.2) is 0 Å². The molecule has 27 heavy (non-hydrogen) atoms. The molecule has 1 atom stereocenters. The van der Waals surface area contributed by atoms with Crippen LogP contribution in [0.15, 0.2) is 35.3 Å². The van der Waals surface area contributed by atoms with Crippen molar-refractivity contribution in [3.8, 4) is 0 Å². The second-order valence-corrected chi connectivity index (χ2v) is 7.44. The molecule has 6 nitrogen and oxygen atoms in total. The molecule has 2 aromatic rings. The molecule has 3 rings (SSSR count). The van der Waals surface area contributed by atoms with Crippen LogP contribution in [0.4, 0.5) is 0 Å². The minimum atomic E-state index is -0.741. The molecule has 0 aliphatic heterocycles. The maximum Gasteiger partial charge on any atom is 0.259 e. The molecular formula is C21H27N3O3. The Hall–Kier alpha value is -2.63. The van der Waals surface area contributed by atoms with Gasteiger partial charge in [-0.3, -0.25) is 14.4 Å². The Morgan fingerprint density at radius 3 is 2.52 bits per heavy atom. The van der Waals surface area contributed by atoms with E-state index in [0.29, 0.717) is 28.8 Å². The number of carbonyl (C=O) groups excluding carboxylic acids is 2. The Kier molecular flexibility index (Phi) is 5.94.